The van der Waals surface area contributed by atoms with Gasteiger partial charge in [-0.2, -0.15) is 0 Å². The molecule has 20 heavy (non-hydrogen) atoms. The SMILES string of the molecule is COCCCNC(=O)C(C)NCC1(O)CCC(C)CC1. The normalized spacial score (nSPS) is 28.1. The van der Waals surface area contributed by atoms with Crippen LogP contribution in [0.15, 0.2) is 0 Å². The van der Waals surface area contributed by atoms with Crippen molar-refractivity contribution in [3.05, 3.63) is 0 Å². The zero-order chi connectivity index (χ0) is 15.0. The Kier molecular flexibility index (Phi) is 7.48. The number of hydrogen-bond acceptors (Lipinski definition) is 4. The largest absolute Gasteiger partial charge is 0.389 e. The molecule has 1 rings (SSSR count). The van der Waals surface area contributed by atoms with Crippen LogP contribution in [0.1, 0.15) is 46.0 Å². The van der Waals surface area contributed by atoms with Gasteiger partial charge in [0, 0.05) is 26.8 Å². The van der Waals surface area contributed by atoms with E-state index >= 15 is 0 Å². The van der Waals surface area contributed by atoms with Crippen LogP contribution in [0.3, 0.4) is 0 Å². The fourth-order valence-corrected chi connectivity index (χ4v) is 2.49. The van der Waals surface area contributed by atoms with Gasteiger partial charge < -0.3 is 20.5 Å². The summed E-state index contributed by atoms with van der Waals surface area (Å²) in [5.74, 6) is 0.686. The van der Waals surface area contributed by atoms with Crippen LogP contribution in [-0.2, 0) is 9.53 Å². The van der Waals surface area contributed by atoms with E-state index in [9.17, 15) is 9.90 Å². The Hall–Kier alpha value is -0.650. The van der Waals surface area contributed by atoms with Crippen molar-refractivity contribution in [2.24, 2.45) is 5.92 Å². The summed E-state index contributed by atoms with van der Waals surface area (Å²) in [7, 11) is 1.65. The van der Waals surface area contributed by atoms with Crippen molar-refractivity contribution < 1.29 is 14.6 Å². The van der Waals surface area contributed by atoms with Crippen molar-refractivity contribution >= 4 is 5.91 Å². The molecule has 0 bridgehead atoms. The van der Waals surface area contributed by atoms with E-state index in [-0.39, 0.29) is 11.9 Å². The maximum atomic E-state index is 11.8. The number of rotatable bonds is 8. The number of carbonyl (C=O) groups is 1. The molecule has 1 saturated carbocycles. The summed E-state index contributed by atoms with van der Waals surface area (Å²) in [6.45, 7) is 5.83. The van der Waals surface area contributed by atoms with Crippen molar-refractivity contribution in [3.8, 4) is 0 Å². The molecule has 0 aromatic carbocycles. The Morgan fingerprint density at radius 3 is 2.70 bits per heavy atom. The van der Waals surface area contributed by atoms with Gasteiger partial charge in [0.05, 0.1) is 11.6 Å². The molecule has 0 radical (unpaired) electrons. The van der Waals surface area contributed by atoms with Crippen LogP contribution in [-0.4, -0.2) is 49.5 Å². The number of amides is 1. The number of aliphatic hydroxyl groups is 1. The number of nitrogens with one attached hydrogen (secondary N) is 2. The highest BCUT2D eigenvalue weighted by molar-refractivity contribution is 5.81. The van der Waals surface area contributed by atoms with E-state index in [4.69, 9.17) is 4.74 Å². The predicted octanol–water partition coefficient (Wildman–Crippen LogP) is 1.06. The summed E-state index contributed by atoms with van der Waals surface area (Å²) in [4.78, 5) is 11.8. The van der Waals surface area contributed by atoms with Crippen LogP contribution in [0.25, 0.3) is 0 Å². The van der Waals surface area contributed by atoms with E-state index in [0.29, 0.717) is 25.6 Å². The smallest absolute Gasteiger partial charge is 0.236 e. The Morgan fingerprint density at radius 2 is 2.10 bits per heavy atom. The number of hydrogen-bond donors (Lipinski definition) is 3. The van der Waals surface area contributed by atoms with Gasteiger partial charge in [-0.05, 0) is 44.9 Å². The molecule has 5 nitrogen and oxygen atoms in total. The average molecular weight is 286 g/mol. The van der Waals surface area contributed by atoms with Crippen LogP contribution in [0.4, 0.5) is 0 Å². The third-order valence-electron chi connectivity index (χ3n) is 4.16. The third-order valence-corrected chi connectivity index (χ3v) is 4.16. The van der Waals surface area contributed by atoms with Gasteiger partial charge in [0.25, 0.3) is 0 Å². The fraction of sp³-hybridized carbons (Fsp3) is 0.933. The van der Waals surface area contributed by atoms with Crippen molar-refractivity contribution in [3.63, 3.8) is 0 Å². The summed E-state index contributed by atoms with van der Waals surface area (Å²) in [6, 6.07) is -0.277. The standard InChI is InChI=1S/C15H30N2O3/c1-12-5-7-15(19,8-6-12)11-17-13(2)14(18)16-9-4-10-20-3/h12-13,17,19H,4-11H2,1-3H3,(H,16,18). The molecule has 0 aliphatic heterocycles. The first-order chi connectivity index (χ1) is 9.47. The van der Waals surface area contributed by atoms with E-state index < -0.39 is 5.60 Å². The molecule has 0 aromatic heterocycles. The first-order valence-electron chi connectivity index (χ1n) is 7.69. The van der Waals surface area contributed by atoms with Crippen LogP contribution < -0.4 is 10.6 Å². The molecule has 1 aliphatic carbocycles. The molecular weight excluding hydrogens is 256 g/mol. The highest BCUT2D eigenvalue weighted by atomic mass is 16.5. The molecule has 3 N–H and O–H groups in total. The first-order valence-corrected chi connectivity index (χ1v) is 7.69. The van der Waals surface area contributed by atoms with Gasteiger partial charge in [-0.3, -0.25) is 4.79 Å². The van der Waals surface area contributed by atoms with Gasteiger partial charge in [-0.25, -0.2) is 0 Å². The minimum atomic E-state index is -0.642. The zero-order valence-corrected chi connectivity index (χ0v) is 13.1. The Labute approximate surface area is 122 Å². The van der Waals surface area contributed by atoms with Gasteiger partial charge in [-0.15, -0.1) is 0 Å². The molecular formula is C15H30N2O3. The second kappa shape index (κ2) is 8.60. The lowest BCUT2D eigenvalue weighted by atomic mass is 9.79. The highest BCUT2D eigenvalue weighted by Gasteiger charge is 2.32. The van der Waals surface area contributed by atoms with Crippen LogP contribution in [0.2, 0.25) is 0 Å². The van der Waals surface area contributed by atoms with Crippen LogP contribution >= 0.6 is 0 Å². The van der Waals surface area contributed by atoms with Gasteiger partial charge in [0.1, 0.15) is 0 Å². The second-order valence-electron chi connectivity index (χ2n) is 6.15. The molecule has 1 atom stereocenters. The number of methoxy groups -OCH3 is 1. The topological polar surface area (TPSA) is 70.6 Å². The van der Waals surface area contributed by atoms with E-state index in [2.05, 4.69) is 17.6 Å². The Bertz CT molecular complexity index is 289. The molecule has 0 spiro atoms. The minimum Gasteiger partial charge on any atom is -0.389 e. The average Bonchev–Trinajstić information content (AvgIpc) is 2.44. The first kappa shape index (κ1) is 17.4. The van der Waals surface area contributed by atoms with Crippen LogP contribution in [0.5, 0.6) is 0 Å². The quantitative estimate of drug-likeness (QED) is 0.584. The molecule has 0 saturated heterocycles. The third kappa shape index (κ3) is 6.20. The van der Waals surface area contributed by atoms with Gasteiger partial charge >= 0.3 is 0 Å². The molecule has 1 amide bonds. The lowest BCUT2D eigenvalue weighted by molar-refractivity contribution is -0.123. The molecule has 1 fully saturated rings. The maximum Gasteiger partial charge on any atom is 0.236 e. The predicted molar refractivity (Wildman–Crippen MR) is 79.5 cm³/mol. The summed E-state index contributed by atoms with van der Waals surface area (Å²) in [6.07, 6.45) is 4.59. The monoisotopic (exact) mass is 286 g/mol. The fourth-order valence-electron chi connectivity index (χ4n) is 2.49. The summed E-state index contributed by atoms with van der Waals surface area (Å²) < 4.78 is 4.93. The van der Waals surface area contributed by atoms with Gasteiger partial charge in [0.2, 0.25) is 5.91 Å². The van der Waals surface area contributed by atoms with Crippen molar-refractivity contribution in [2.75, 3.05) is 26.8 Å². The van der Waals surface area contributed by atoms with Crippen molar-refractivity contribution in [1.29, 1.82) is 0 Å². The van der Waals surface area contributed by atoms with E-state index in [0.717, 1.165) is 32.1 Å². The van der Waals surface area contributed by atoms with Gasteiger partial charge in [-0.1, -0.05) is 6.92 Å². The highest BCUT2D eigenvalue weighted by Crippen LogP contribution is 2.31. The van der Waals surface area contributed by atoms with Gasteiger partial charge in [0.15, 0.2) is 0 Å². The lowest BCUT2D eigenvalue weighted by Gasteiger charge is -2.35. The van der Waals surface area contributed by atoms with E-state index in [1.165, 1.54) is 0 Å². The summed E-state index contributed by atoms with van der Waals surface area (Å²) in [5.41, 5.74) is -0.642. The van der Waals surface area contributed by atoms with E-state index in [1.807, 2.05) is 6.92 Å². The maximum absolute atomic E-state index is 11.8. The zero-order valence-electron chi connectivity index (χ0n) is 13.1. The Balaban J connectivity index is 2.21. The molecule has 0 aromatic rings. The summed E-state index contributed by atoms with van der Waals surface area (Å²) in [5, 5.41) is 16.5. The molecule has 0 heterocycles. The Morgan fingerprint density at radius 1 is 1.45 bits per heavy atom. The molecule has 1 unspecified atom stereocenters. The minimum absolute atomic E-state index is 0.0196. The van der Waals surface area contributed by atoms with Crippen molar-refractivity contribution in [1.82, 2.24) is 10.6 Å². The number of ether oxygens (including phenoxy) is 1. The lowest BCUT2D eigenvalue weighted by Crippen LogP contribution is -2.50. The second-order valence-corrected chi connectivity index (χ2v) is 6.15. The number of carbonyl (C=O) groups excluding carboxylic acids is 1. The van der Waals surface area contributed by atoms with Crippen molar-refractivity contribution in [2.45, 2.75) is 57.6 Å². The van der Waals surface area contributed by atoms with E-state index in [1.54, 1.807) is 7.11 Å². The van der Waals surface area contributed by atoms with Crippen LogP contribution in [0, 0.1) is 5.92 Å². The molecule has 118 valence electrons. The molecule has 5 heteroatoms. The molecule has 1 aliphatic rings. The summed E-state index contributed by atoms with van der Waals surface area (Å²) >= 11 is 0.